The second kappa shape index (κ2) is 17.4. The number of carbonyl (C=O) groups excluding carboxylic acids is 1. The number of benzene rings is 2. The number of nitrogens with zero attached hydrogens (tertiary/aromatic N) is 2. The lowest BCUT2D eigenvalue weighted by molar-refractivity contribution is 0.0735. The van der Waals surface area contributed by atoms with Gasteiger partial charge in [0.1, 0.15) is 11.5 Å². The molecule has 0 N–H and O–H groups in total. The average molecular weight is 531 g/mol. The van der Waals surface area contributed by atoms with Gasteiger partial charge in [0.2, 0.25) is 0 Å². The Morgan fingerprint density at radius 1 is 0.846 bits per heavy atom. The molecule has 210 valence electrons. The number of ether oxygens (including phenoxy) is 2. The van der Waals surface area contributed by atoms with Gasteiger partial charge in [-0.3, -0.25) is 9.97 Å². The highest BCUT2D eigenvalue weighted by atomic mass is 16.5. The lowest BCUT2D eigenvalue weighted by atomic mass is 10.0. The molecule has 0 aliphatic heterocycles. The van der Waals surface area contributed by atoms with E-state index in [1.54, 1.807) is 24.7 Å². The Hall–Kier alpha value is -3.21. The van der Waals surface area contributed by atoms with E-state index in [0.29, 0.717) is 40.8 Å². The van der Waals surface area contributed by atoms with E-state index < -0.39 is 0 Å². The standard InChI is InChI=1S/C34H46N2O3/c1-4-6-7-8-9-10-11-12-13-14-15-28-16-18-29(19-17-28)34(37)39-33-21-20-30(38-26-27(3)5-2)24-31(33)32-25-35-22-23-36-32/h16-25,27H,4-15,26H2,1-3H3. The molecule has 0 bridgehead atoms. The molecule has 5 heteroatoms. The van der Waals surface area contributed by atoms with Crippen LogP contribution in [0.3, 0.4) is 0 Å². The number of unbranched alkanes of at least 4 members (excludes halogenated alkanes) is 9. The summed E-state index contributed by atoms with van der Waals surface area (Å²) in [5.74, 6) is 1.22. The monoisotopic (exact) mass is 530 g/mol. The van der Waals surface area contributed by atoms with Crippen LogP contribution in [0, 0.1) is 5.92 Å². The summed E-state index contributed by atoms with van der Waals surface area (Å²) in [7, 11) is 0. The number of hydrogen-bond donors (Lipinski definition) is 0. The van der Waals surface area contributed by atoms with E-state index in [0.717, 1.165) is 12.8 Å². The normalized spacial score (nSPS) is 11.8. The molecule has 2 aromatic carbocycles. The van der Waals surface area contributed by atoms with Gasteiger partial charge in [-0.25, -0.2) is 4.79 Å². The molecular formula is C34H46N2O3. The average Bonchev–Trinajstić information content (AvgIpc) is 2.98. The number of esters is 1. The van der Waals surface area contributed by atoms with E-state index in [4.69, 9.17) is 9.47 Å². The molecule has 0 saturated carbocycles. The van der Waals surface area contributed by atoms with Crippen LogP contribution >= 0.6 is 0 Å². The van der Waals surface area contributed by atoms with Gasteiger partial charge in [-0.15, -0.1) is 0 Å². The van der Waals surface area contributed by atoms with Gasteiger partial charge in [0, 0.05) is 18.0 Å². The number of carbonyl (C=O) groups is 1. The van der Waals surface area contributed by atoms with Crippen LogP contribution in [-0.2, 0) is 6.42 Å². The molecule has 0 fully saturated rings. The molecule has 39 heavy (non-hydrogen) atoms. The van der Waals surface area contributed by atoms with Crippen LogP contribution in [0.4, 0.5) is 0 Å². The molecule has 0 saturated heterocycles. The Balaban J connectivity index is 1.51. The number of aryl methyl sites for hydroxylation is 1. The van der Waals surface area contributed by atoms with Crippen LogP contribution in [0.2, 0.25) is 0 Å². The van der Waals surface area contributed by atoms with E-state index in [2.05, 4.69) is 30.7 Å². The molecule has 0 aliphatic rings. The summed E-state index contributed by atoms with van der Waals surface area (Å²) < 4.78 is 11.8. The Bertz CT molecular complexity index is 1100. The summed E-state index contributed by atoms with van der Waals surface area (Å²) in [4.78, 5) is 21.6. The first kappa shape index (κ1) is 30.3. The van der Waals surface area contributed by atoms with Crippen molar-refractivity contribution in [1.29, 1.82) is 0 Å². The Morgan fingerprint density at radius 2 is 1.54 bits per heavy atom. The van der Waals surface area contributed by atoms with Crippen LogP contribution < -0.4 is 9.47 Å². The van der Waals surface area contributed by atoms with Gasteiger partial charge in [0.15, 0.2) is 0 Å². The summed E-state index contributed by atoms with van der Waals surface area (Å²) in [5.41, 5.74) is 3.09. The van der Waals surface area contributed by atoms with Crippen molar-refractivity contribution in [2.24, 2.45) is 5.92 Å². The lowest BCUT2D eigenvalue weighted by Gasteiger charge is -2.14. The number of hydrogen-bond acceptors (Lipinski definition) is 5. The summed E-state index contributed by atoms with van der Waals surface area (Å²) in [5, 5.41) is 0. The maximum atomic E-state index is 13.0. The van der Waals surface area contributed by atoms with E-state index >= 15 is 0 Å². The smallest absolute Gasteiger partial charge is 0.343 e. The third kappa shape index (κ3) is 10.8. The Morgan fingerprint density at radius 3 is 2.18 bits per heavy atom. The van der Waals surface area contributed by atoms with Crippen molar-refractivity contribution in [2.75, 3.05) is 6.61 Å². The predicted molar refractivity (Wildman–Crippen MR) is 159 cm³/mol. The molecule has 3 rings (SSSR count). The minimum Gasteiger partial charge on any atom is -0.493 e. The van der Waals surface area contributed by atoms with Gasteiger partial charge in [-0.05, 0) is 54.7 Å². The van der Waals surface area contributed by atoms with Crippen molar-refractivity contribution in [3.8, 4) is 22.8 Å². The van der Waals surface area contributed by atoms with Crippen molar-refractivity contribution in [1.82, 2.24) is 9.97 Å². The second-order valence-corrected chi connectivity index (χ2v) is 10.6. The van der Waals surface area contributed by atoms with Crippen molar-refractivity contribution < 1.29 is 14.3 Å². The Kier molecular flexibility index (Phi) is 13.5. The van der Waals surface area contributed by atoms with Gasteiger partial charge in [0.25, 0.3) is 0 Å². The highest BCUT2D eigenvalue weighted by Gasteiger charge is 2.16. The lowest BCUT2D eigenvalue weighted by Crippen LogP contribution is -2.10. The zero-order valence-electron chi connectivity index (χ0n) is 24.2. The first-order valence-corrected chi connectivity index (χ1v) is 14.9. The van der Waals surface area contributed by atoms with Crippen LogP contribution in [-0.4, -0.2) is 22.5 Å². The van der Waals surface area contributed by atoms with Crippen LogP contribution in [0.15, 0.2) is 61.1 Å². The third-order valence-corrected chi connectivity index (χ3v) is 7.23. The Labute approximate surface area is 235 Å². The molecule has 1 atom stereocenters. The van der Waals surface area contributed by atoms with Crippen molar-refractivity contribution in [2.45, 2.75) is 97.8 Å². The molecule has 0 amide bonds. The van der Waals surface area contributed by atoms with E-state index in [1.807, 2.05) is 36.4 Å². The van der Waals surface area contributed by atoms with E-state index in [1.165, 1.54) is 69.8 Å². The van der Waals surface area contributed by atoms with Gasteiger partial charge in [-0.2, -0.15) is 0 Å². The molecule has 0 radical (unpaired) electrons. The highest BCUT2D eigenvalue weighted by molar-refractivity contribution is 5.92. The highest BCUT2D eigenvalue weighted by Crippen LogP contribution is 2.33. The van der Waals surface area contributed by atoms with Crippen LogP contribution in [0.1, 0.15) is 107 Å². The molecule has 1 heterocycles. The molecule has 3 aromatic rings. The molecule has 0 aliphatic carbocycles. The van der Waals surface area contributed by atoms with Gasteiger partial charge < -0.3 is 9.47 Å². The molecule has 5 nitrogen and oxygen atoms in total. The number of rotatable bonds is 18. The third-order valence-electron chi connectivity index (χ3n) is 7.23. The van der Waals surface area contributed by atoms with E-state index in [-0.39, 0.29) is 5.97 Å². The first-order chi connectivity index (χ1) is 19.1. The largest absolute Gasteiger partial charge is 0.493 e. The number of aromatic nitrogens is 2. The molecule has 0 spiro atoms. The van der Waals surface area contributed by atoms with Crippen molar-refractivity contribution >= 4 is 5.97 Å². The van der Waals surface area contributed by atoms with Gasteiger partial charge >= 0.3 is 5.97 Å². The minimum atomic E-state index is -0.390. The summed E-state index contributed by atoms with van der Waals surface area (Å²) in [6.07, 6.45) is 20.3. The fourth-order valence-electron chi connectivity index (χ4n) is 4.47. The topological polar surface area (TPSA) is 61.3 Å². The van der Waals surface area contributed by atoms with Crippen molar-refractivity contribution in [3.63, 3.8) is 0 Å². The van der Waals surface area contributed by atoms with E-state index in [9.17, 15) is 4.79 Å². The second-order valence-electron chi connectivity index (χ2n) is 10.6. The van der Waals surface area contributed by atoms with Gasteiger partial charge in [-0.1, -0.05) is 97.1 Å². The fraction of sp³-hybridized carbons (Fsp3) is 0.500. The SMILES string of the molecule is CCCCCCCCCCCCc1ccc(C(=O)Oc2ccc(OCC(C)CC)cc2-c2cnccn2)cc1. The fourth-order valence-corrected chi connectivity index (χ4v) is 4.47. The quantitative estimate of drug-likeness (QED) is 0.0931. The van der Waals surface area contributed by atoms with Crippen LogP contribution in [0.25, 0.3) is 11.3 Å². The summed E-state index contributed by atoms with van der Waals surface area (Å²) in [6, 6.07) is 13.3. The predicted octanol–water partition coefficient (Wildman–Crippen LogP) is 9.25. The molecular weight excluding hydrogens is 484 g/mol. The maximum absolute atomic E-state index is 13.0. The van der Waals surface area contributed by atoms with Crippen LogP contribution in [0.5, 0.6) is 11.5 Å². The first-order valence-electron chi connectivity index (χ1n) is 14.9. The maximum Gasteiger partial charge on any atom is 0.343 e. The summed E-state index contributed by atoms with van der Waals surface area (Å²) in [6.45, 7) is 7.19. The summed E-state index contributed by atoms with van der Waals surface area (Å²) >= 11 is 0. The zero-order chi connectivity index (χ0) is 27.7. The zero-order valence-corrected chi connectivity index (χ0v) is 24.2. The van der Waals surface area contributed by atoms with Crippen molar-refractivity contribution in [3.05, 3.63) is 72.2 Å². The molecule has 1 unspecified atom stereocenters. The molecule has 1 aromatic heterocycles. The minimum absolute atomic E-state index is 0.390. The van der Waals surface area contributed by atoms with Gasteiger partial charge in [0.05, 0.1) is 24.1 Å².